The molecule has 0 aromatic heterocycles. The van der Waals surface area contributed by atoms with E-state index in [2.05, 4.69) is 5.32 Å². The molecule has 1 nitrogen and oxygen atoms in total. The van der Waals surface area contributed by atoms with Crippen LogP contribution >= 0.6 is 11.6 Å². The van der Waals surface area contributed by atoms with Crippen molar-refractivity contribution in [2.24, 2.45) is 0 Å². The van der Waals surface area contributed by atoms with Gasteiger partial charge < -0.3 is 5.32 Å². The van der Waals surface area contributed by atoms with Crippen LogP contribution in [-0.2, 0) is 0 Å². The maximum absolute atomic E-state index is 13.5. The van der Waals surface area contributed by atoms with E-state index < -0.39 is 0 Å². The lowest BCUT2D eigenvalue weighted by atomic mass is 10.0. The van der Waals surface area contributed by atoms with Gasteiger partial charge in [-0.3, -0.25) is 0 Å². The quantitative estimate of drug-likeness (QED) is 0.810. The Morgan fingerprint density at radius 2 is 2.14 bits per heavy atom. The van der Waals surface area contributed by atoms with Gasteiger partial charge in [0.15, 0.2) is 0 Å². The molecule has 0 radical (unpaired) electrons. The monoisotopic (exact) mass is 215 g/mol. The lowest BCUT2D eigenvalue weighted by Crippen LogP contribution is -2.21. The number of benzene rings is 1. The van der Waals surface area contributed by atoms with E-state index >= 15 is 0 Å². The third-order valence-electron chi connectivity index (χ3n) is 2.21. The van der Waals surface area contributed by atoms with E-state index in [4.69, 9.17) is 11.6 Å². The summed E-state index contributed by atoms with van der Waals surface area (Å²) >= 11 is 5.96. The summed E-state index contributed by atoms with van der Waals surface area (Å²) in [4.78, 5) is 0. The number of hydrogen-bond donors (Lipinski definition) is 1. The third-order valence-corrected chi connectivity index (χ3v) is 2.54. The zero-order valence-corrected chi connectivity index (χ0v) is 9.24. The molecule has 1 N–H and O–H groups in total. The van der Waals surface area contributed by atoms with Crippen molar-refractivity contribution in [1.29, 1.82) is 0 Å². The maximum Gasteiger partial charge on any atom is 0.129 e. The van der Waals surface area contributed by atoms with Crippen LogP contribution in [0.25, 0.3) is 0 Å². The van der Waals surface area contributed by atoms with E-state index in [1.54, 1.807) is 12.1 Å². The van der Waals surface area contributed by atoms with Gasteiger partial charge >= 0.3 is 0 Å². The molecule has 0 amide bonds. The van der Waals surface area contributed by atoms with Crippen LogP contribution in [0.5, 0.6) is 0 Å². The lowest BCUT2D eigenvalue weighted by Gasteiger charge is -2.18. The predicted octanol–water partition coefficient (Wildman–Crippen LogP) is 3.54. The Morgan fingerprint density at radius 3 is 2.64 bits per heavy atom. The summed E-state index contributed by atoms with van der Waals surface area (Å²) in [6.45, 7) is 4.82. The van der Waals surface area contributed by atoms with Crippen LogP contribution in [0.2, 0.25) is 5.02 Å². The van der Waals surface area contributed by atoms with Gasteiger partial charge in [-0.15, -0.1) is 0 Å². The SMILES string of the molecule is CCNC(CC)c1c(F)cccc1Cl. The first-order valence-corrected chi connectivity index (χ1v) is 5.25. The van der Waals surface area contributed by atoms with Crippen LogP contribution in [0.4, 0.5) is 4.39 Å². The Hall–Kier alpha value is -0.600. The van der Waals surface area contributed by atoms with Crippen LogP contribution in [0.3, 0.4) is 0 Å². The van der Waals surface area contributed by atoms with Crippen LogP contribution < -0.4 is 5.32 Å². The Morgan fingerprint density at radius 1 is 1.43 bits per heavy atom. The van der Waals surface area contributed by atoms with Gasteiger partial charge in [0.1, 0.15) is 5.82 Å². The van der Waals surface area contributed by atoms with E-state index in [9.17, 15) is 4.39 Å². The second kappa shape index (κ2) is 5.32. The molecule has 0 heterocycles. The highest BCUT2D eigenvalue weighted by atomic mass is 35.5. The fourth-order valence-electron chi connectivity index (χ4n) is 1.54. The highest BCUT2D eigenvalue weighted by Gasteiger charge is 2.15. The summed E-state index contributed by atoms with van der Waals surface area (Å²) < 4.78 is 13.5. The molecule has 1 rings (SSSR count). The minimum atomic E-state index is -0.231. The van der Waals surface area contributed by atoms with Crippen LogP contribution in [0.15, 0.2) is 18.2 Å². The Kier molecular flexibility index (Phi) is 4.36. The molecule has 0 fully saturated rings. The summed E-state index contributed by atoms with van der Waals surface area (Å²) in [5, 5.41) is 3.70. The molecule has 0 aliphatic heterocycles. The average Bonchev–Trinajstić information content (AvgIpc) is 2.16. The third kappa shape index (κ3) is 2.46. The Bertz CT molecular complexity index is 281. The molecule has 0 aliphatic rings. The van der Waals surface area contributed by atoms with Crippen LogP contribution in [0, 0.1) is 5.82 Å². The molecule has 0 bridgehead atoms. The molecule has 0 saturated carbocycles. The lowest BCUT2D eigenvalue weighted by molar-refractivity contribution is 0.501. The first-order chi connectivity index (χ1) is 6.70. The first kappa shape index (κ1) is 11.5. The molecule has 14 heavy (non-hydrogen) atoms. The summed E-state index contributed by atoms with van der Waals surface area (Å²) in [6.07, 6.45) is 0.828. The van der Waals surface area contributed by atoms with E-state index in [-0.39, 0.29) is 11.9 Å². The number of rotatable bonds is 4. The van der Waals surface area contributed by atoms with Crippen molar-refractivity contribution in [1.82, 2.24) is 5.32 Å². The highest BCUT2D eigenvalue weighted by Crippen LogP contribution is 2.27. The van der Waals surface area contributed by atoms with Gasteiger partial charge in [-0.25, -0.2) is 4.39 Å². The number of nitrogens with one attached hydrogen (secondary N) is 1. The fraction of sp³-hybridized carbons (Fsp3) is 0.455. The zero-order chi connectivity index (χ0) is 10.6. The van der Waals surface area contributed by atoms with Gasteiger partial charge in [-0.1, -0.05) is 31.5 Å². The average molecular weight is 216 g/mol. The fourth-order valence-corrected chi connectivity index (χ4v) is 1.84. The normalized spacial score (nSPS) is 12.9. The van der Waals surface area contributed by atoms with Gasteiger partial charge in [0.25, 0.3) is 0 Å². The predicted molar refractivity (Wildman–Crippen MR) is 58.1 cm³/mol. The zero-order valence-electron chi connectivity index (χ0n) is 8.48. The summed E-state index contributed by atoms with van der Waals surface area (Å²) in [6, 6.07) is 4.80. The van der Waals surface area contributed by atoms with Crippen molar-refractivity contribution in [3.05, 3.63) is 34.6 Å². The standard InChI is InChI=1S/C11H15ClFN/c1-3-10(14-4-2)11-8(12)6-5-7-9(11)13/h5-7,10,14H,3-4H2,1-2H3. The van der Waals surface area contributed by atoms with E-state index in [0.29, 0.717) is 10.6 Å². The van der Waals surface area contributed by atoms with Crippen LogP contribution in [-0.4, -0.2) is 6.54 Å². The Balaban J connectivity index is 3.02. The van der Waals surface area contributed by atoms with Gasteiger partial charge in [-0.05, 0) is 25.1 Å². The van der Waals surface area contributed by atoms with Crippen molar-refractivity contribution in [3.63, 3.8) is 0 Å². The molecular formula is C11H15ClFN. The van der Waals surface area contributed by atoms with Gasteiger partial charge in [0.05, 0.1) is 0 Å². The molecule has 0 saturated heterocycles. The highest BCUT2D eigenvalue weighted by molar-refractivity contribution is 6.31. The van der Waals surface area contributed by atoms with Gasteiger partial charge in [0.2, 0.25) is 0 Å². The number of halogens is 2. The minimum absolute atomic E-state index is 0.00806. The molecule has 1 unspecified atom stereocenters. The second-order valence-corrected chi connectivity index (χ2v) is 3.56. The van der Waals surface area contributed by atoms with Crippen molar-refractivity contribution in [2.45, 2.75) is 26.3 Å². The van der Waals surface area contributed by atoms with Crippen molar-refractivity contribution < 1.29 is 4.39 Å². The minimum Gasteiger partial charge on any atom is -0.310 e. The molecule has 1 aromatic carbocycles. The molecule has 0 aliphatic carbocycles. The van der Waals surface area contributed by atoms with Crippen molar-refractivity contribution in [3.8, 4) is 0 Å². The second-order valence-electron chi connectivity index (χ2n) is 3.15. The van der Waals surface area contributed by atoms with Gasteiger partial charge in [0, 0.05) is 16.6 Å². The smallest absolute Gasteiger partial charge is 0.129 e. The summed E-state index contributed by atoms with van der Waals surface area (Å²) in [7, 11) is 0. The van der Waals surface area contributed by atoms with E-state index in [1.807, 2.05) is 13.8 Å². The molecule has 0 spiro atoms. The molecular weight excluding hydrogens is 201 g/mol. The van der Waals surface area contributed by atoms with Crippen molar-refractivity contribution >= 4 is 11.6 Å². The summed E-state index contributed by atoms with van der Waals surface area (Å²) in [5.74, 6) is -0.231. The van der Waals surface area contributed by atoms with Crippen molar-refractivity contribution in [2.75, 3.05) is 6.54 Å². The van der Waals surface area contributed by atoms with Gasteiger partial charge in [-0.2, -0.15) is 0 Å². The Labute approximate surface area is 89.3 Å². The molecule has 78 valence electrons. The largest absolute Gasteiger partial charge is 0.310 e. The maximum atomic E-state index is 13.5. The van der Waals surface area contributed by atoms with E-state index in [0.717, 1.165) is 13.0 Å². The topological polar surface area (TPSA) is 12.0 Å². The van der Waals surface area contributed by atoms with Crippen LogP contribution in [0.1, 0.15) is 31.9 Å². The van der Waals surface area contributed by atoms with E-state index in [1.165, 1.54) is 6.07 Å². The molecule has 1 aromatic rings. The summed E-state index contributed by atoms with van der Waals surface area (Å²) in [5.41, 5.74) is 0.582. The molecule has 1 atom stereocenters. The number of hydrogen-bond acceptors (Lipinski definition) is 1. The first-order valence-electron chi connectivity index (χ1n) is 4.88. The molecule has 3 heteroatoms.